The first-order valence-electron chi connectivity index (χ1n) is 8.67. The van der Waals surface area contributed by atoms with Crippen molar-refractivity contribution in [3.8, 4) is 11.5 Å². The second-order valence-electron chi connectivity index (χ2n) is 6.40. The van der Waals surface area contributed by atoms with Gasteiger partial charge in [-0.3, -0.25) is 4.79 Å². The molecule has 5 nitrogen and oxygen atoms in total. The van der Waals surface area contributed by atoms with E-state index in [-0.39, 0.29) is 11.4 Å². The zero-order valence-corrected chi connectivity index (χ0v) is 15.5. The van der Waals surface area contributed by atoms with Gasteiger partial charge in [0, 0.05) is 10.6 Å². The van der Waals surface area contributed by atoms with Crippen LogP contribution in [0.15, 0.2) is 42.5 Å². The molecule has 0 saturated heterocycles. The van der Waals surface area contributed by atoms with Crippen molar-refractivity contribution in [1.82, 2.24) is 5.32 Å². The summed E-state index contributed by atoms with van der Waals surface area (Å²) in [6.07, 6.45) is 2.53. The Kier molecular flexibility index (Phi) is 5.69. The number of benzene rings is 2. The molecule has 2 aromatic carbocycles. The molecule has 138 valence electrons. The van der Waals surface area contributed by atoms with E-state index in [1.54, 1.807) is 25.3 Å². The van der Waals surface area contributed by atoms with E-state index >= 15 is 0 Å². The van der Waals surface area contributed by atoms with Crippen molar-refractivity contribution in [2.24, 2.45) is 5.73 Å². The first kappa shape index (κ1) is 18.5. The number of carbonyl (C=O) groups excluding carboxylic acids is 1. The van der Waals surface area contributed by atoms with E-state index in [9.17, 15) is 4.79 Å². The van der Waals surface area contributed by atoms with Gasteiger partial charge in [-0.05, 0) is 61.7 Å². The molecule has 0 aliphatic heterocycles. The summed E-state index contributed by atoms with van der Waals surface area (Å²) in [7, 11) is 1.57. The van der Waals surface area contributed by atoms with Gasteiger partial charge in [0.2, 0.25) is 0 Å². The molecular weight excluding hydrogens is 352 g/mol. The molecular formula is C20H23ClN2O3. The third-order valence-electron chi connectivity index (χ3n) is 4.51. The average molecular weight is 375 g/mol. The molecule has 26 heavy (non-hydrogen) atoms. The molecule has 3 N–H and O–H groups in total. The maximum atomic E-state index is 12.8. The van der Waals surface area contributed by atoms with Gasteiger partial charge in [0.15, 0.2) is 11.5 Å². The van der Waals surface area contributed by atoms with Gasteiger partial charge in [-0.25, -0.2) is 0 Å². The summed E-state index contributed by atoms with van der Waals surface area (Å²) in [6.45, 7) is 1.02. The summed E-state index contributed by atoms with van der Waals surface area (Å²) in [5.74, 6) is 0.990. The van der Waals surface area contributed by atoms with Crippen LogP contribution < -0.4 is 20.5 Å². The second-order valence-corrected chi connectivity index (χ2v) is 6.84. The highest BCUT2D eigenvalue weighted by Gasteiger charge is 2.45. The Morgan fingerprint density at radius 2 is 2.04 bits per heavy atom. The van der Waals surface area contributed by atoms with Crippen molar-refractivity contribution in [2.45, 2.75) is 24.8 Å². The number of hydrogen-bond acceptors (Lipinski definition) is 4. The summed E-state index contributed by atoms with van der Waals surface area (Å²) >= 11 is 6.09. The fraction of sp³-hybridized carbons (Fsp3) is 0.350. The lowest BCUT2D eigenvalue weighted by Crippen LogP contribution is -2.34. The van der Waals surface area contributed by atoms with E-state index in [0.29, 0.717) is 35.2 Å². The predicted octanol–water partition coefficient (Wildman–Crippen LogP) is 3.50. The molecule has 0 atom stereocenters. The largest absolute Gasteiger partial charge is 0.493 e. The van der Waals surface area contributed by atoms with Crippen LogP contribution in [0.25, 0.3) is 0 Å². The smallest absolute Gasteiger partial charge is 0.252 e. The molecule has 0 spiro atoms. The molecule has 0 unspecified atom stereocenters. The van der Waals surface area contributed by atoms with Gasteiger partial charge in [-0.2, -0.15) is 0 Å². The van der Waals surface area contributed by atoms with Gasteiger partial charge < -0.3 is 20.5 Å². The first-order valence-corrected chi connectivity index (χ1v) is 9.05. The first-order chi connectivity index (χ1) is 12.6. The molecule has 1 fully saturated rings. The molecule has 1 aliphatic rings. The summed E-state index contributed by atoms with van der Waals surface area (Å²) < 4.78 is 11.0. The zero-order valence-electron chi connectivity index (χ0n) is 14.8. The number of halogens is 1. The number of rotatable bonds is 8. The maximum Gasteiger partial charge on any atom is 0.252 e. The second kappa shape index (κ2) is 7.98. The molecule has 3 rings (SSSR count). The third-order valence-corrected chi connectivity index (χ3v) is 4.75. The molecule has 6 heteroatoms. The van der Waals surface area contributed by atoms with Crippen LogP contribution in [-0.4, -0.2) is 26.2 Å². The van der Waals surface area contributed by atoms with E-state index in [4.69, 9.17) is 26.8 Å². The Hall–Kier alpha value is -2.24. The summed E-state index contributed by atoms with van der Waals surface area (Å²) in [4.78, 5) is 12.8. The Labute approximate surface area is 158 Å². The topological polar surface area (TPSA) is 73.6 Å². The van der Waals surface area contributed by atoms with Crippen LogP contribution in [0, 0.1) is 0 Å². The average Bonchev–Trinajstić information content (AvgIpc) is 3.42. The van der Waals surface area contributed by atoms with E-state index in [0.717, 1.165) is 24.8 Å². The number of carbonyl (C=O) groups is 1. The van der Waals surface area contributed by atoms with E-state index in [1.165, 1.54) is 0 Å². The standard InChI is InChI=1S/C20H23ClN2O3/c1-25-17-7-6-14(12-18(17)26-11-3-10-22)19(24)23-20(8-9-20)15-4-2-5-16(21)13-15/h2,4-7,12-13H,3,8-11,22H2,1H3,(H,23,24). The Balaban J connectivity index is 1.76. The molecule has 0 aromatic heterocycles. The number of amides is 1. The van der Waals surface area contributed by atoms with Gasteiger partial charge in [-0.1, -0.05) is 23.7 Å². The fourth-order valence-corrected chi connectivity index (χ4v) is 3.07. The number of nitrogens with one attached hydrogen (secondary N) is 1. The Bertz CT molecular complexity index is 790. The predicted molar refractivity (Wildman–Crippen MR) is 102 cm³/mol. The highest BCUT2D eigenvalue weighted by molar-refractivity contribution is 6.30. The van der Waals surface area contributed by atoms with E-state index in [1.807, 2.05) is 24.3 Å². The Morgan fingerprint density at radius 3 is 2.69 bits per heavy atom. The van der Waals surface area contributed by atoms with Crippen LogP contribution in [0.3, 0.4) is 0 Å². The van der Waals surface area contributed by atoms with Crippen molar-refractivity contribution in [3.63, 3.8) is 0 Å². The van der Waals surface area contributed by atoms with Crippen molar-refractivity contribution >= 4 is 17.5 Å². The normalized spacial score (nSPS) is 14.6. The Morgan fingerprint density at radius 1 is 1.23 bits per heavy atom. The van der Waals surface area contributed by atoms with Gasteiger partial charge in [-0.15, -0.1) is 0 Å². The van der Waals surface area contributed by atoms with Crippen LogP contribution in [0.2, 0.25) is 5.02 Å². The fourth-order valence-electron chi connectivity index (χ4n) is 2.88. The van der Waals surface area contributed by atoms with Crippen LogP contribution in [-0.2, 0) is 5.54 Å². The summed E-state index contributed by atoms with van der Waals surface area (Å²) in [5.41, 5.74) is 6.73. The number of methoxy groups -OCH3 is 1. The molecule has 2 aromatic rings. The lowest BCUT2D eigenvalue weighted by atomic mass is 10.0. The molecule has 1 aliphatic carbocycles. The van der Waals surface area contributed by atoms with Crippen LogP contribution in [0.5, 0.6) is 11.5 Å². The van der Waals surface area contributed by atoms with Crippen molar-refractivity contribution in [3.05, 3.63) is 58.6 Å². The molecule has 1 saturated carbocycles. The minimum absolute atomic E-state index is 0.145. The zero-order chi connectivity index (χ0) is 18.6. The van der Waals surface area contributed by atoms with E-state index < -0.39 is 0 Å². The lowest BCUT2D eigenvalue weighted by molar-refractivity contribution is 0.0930. The van der Waals surface area contributed by atoms with Crippen LogP contribution in [0.4, 0.5) is 0 Å². The highest BCUT2D eigenvalue weighted by atomic mass is 35.5. The van der Waals surface area contributed by atoms with Crippen molar-refractivity contribution in [1.29, 1.82) is 0 Å². The van der Waals surface area contributed by atoms with Gasteiger partial charge >= 0.3 is 0 Å². The van der Waals surface area contributed by atoms with Gasteiger partial charge in [0.25, 0.3) is 5.91 Å². The highest BCUT2D eigenvalue weighted by Crippen LogP contribution is 2.46. The SMILES string of the molecule is COc1ccc(C(=O)NC2(c3cccc(Cl)c3)CC2)cc1OCCCN. The summed E-state index contributed by atoms with van der Waals surface area (Å²) in [6, 6.07) is 12.8. The minimum Gasteiger partial charge on any atom is -0.493 e. The van der Waals surface area contributed by atoms with Crippen molar-refractivity contribution < 1.29 is 14.3 Å². The van der Waals surface area contributed by atoms with Crippen molar-refractivity contribution in [2.75, 3.05) is 20.3 Å². The van der Waals surface area contributed by atoms with E-state index in [2.05, 4.69) is 5.32 Å². The van der Waals surface area contributed by atoms with Gasteiger partial charge in [0.05, 0.1) is 19.3 Å². The number of ether oxygens (including phenoxy) is 2. The maximum absolute atomic E-state index is 12.8. The minimum atomic E-state index is -0.331. The number of nitrogens with two attached hydrogens (primary N) is 1. The van der Waals surface area contributed by atoms with Crippen LogP contribution >= 0.6 is 11.6 Å². The number of hydrogen-bond donors (Lipinski definition) is 2. The third kappa shape index (κ3) is 4.11. The quantitative estimate of drug-likeness (QED) is 0.693. The lowest BCUT2D eigenvalue weighted by Gasteiger charge is -2.19. The van der Waals surface area contributed by atoms with Crippen LogP contribution in [0.1, 0.15) is 35.2 Å². The molecule has 0 bridgehead atoms. The molecule has 0 heterocycles. The molecule has 0 radical (unpaired) electrons. The molecule has 1 amide bonds. The summed E-state index contributed by atoms with van der Waals surface area (Å²) in [5, 5.41) is 3.81. The van der Waals surface area contributed by atoms with Gasteiger partial charge in [0.1, 0.15) is 0 Å². The monoisotopic (exact) mass is 374 g/mol.